The smallest absolute Gasteiger partial charge is 0.163 e. The third-order valence-corrected chi connectivity index (χ3v) is 11.4. The maximum absolute atomic E-state index is 6.41. The SMILES string of the molecule is C=C/C=C\C=C/Cc1nc(C2=CC3C=C(c4ccccc4)C=CC3C=C2)nc(/C2=C/CCC(=C)Oc3cc(/C=C/C=C\c4c(C)sc5ccccc45)ccc3C2)n1. The van der Waals surface area contributed by atoms with E-state index in [4.69, 9.17) is 19.7 Å². The Morgan fingerprint density at radius 2 is 1.60 bits per heavy atom. The maximum Gasteiger partial charge on any atom is 0.163 e. The van der Waals surface area contributed by atoms with E-state index in [1.54, 1.807) is 6.08 Å². The lowest BCUT2D eigenvalue weighted by Crippen LogP contribution is -2.15. The number of thiophene rings is 1. The molecule has 57 heavy (non-hydrogen) atoms. The number of hydrogen-bond donors (Lipinski definition) is 0. The maximum atomic E-state index is 6.41. The molecule has 0 saturated carbocycles. The van der Waals surface area contributed by atoms with Crippen molar-refractivity contribution in [3.8, 4) is 5.75 Å². The van der Waals surface area contributed by atoms with E-state index >= 15 is 0 Å². The second kappa shape index (κ2) is 17.6. The van der Waals surface area contributed by atoms with Gasteiger partial charge in [-0.2, -0.15) is 0 Å². The minimum absolute atomic E-state index is 0.204. The predicted octanol–water partition coefficient (Wildman–Crippen LogP) is 13.1. The molecule has 0 saturated heterocycles. The van der Waals surface area contributed by atoms with Crippen molar-refractivity contribution >= 4 is 50.3 Å². The lowest BCUT2D eigenvalue weighted by atomic mass is 9.80. The summed E-state index contributed by atoms with van der Waals surface area (Å²) in [6, 6.07) is 25.5. The summed E-state index contributed by atoms with van der Waals surface area (Å²) in [4.78, 5) is 16.6. The third-order valence-electron chi connectivity index (χ3n) is 10.3. The Hall–Kier alpha value is -6.43. The highest BCUT2D eigenvalue weighted by Gasteiger charge is 2.24. The molecular weight excluding hydrogens is 715 g/mol. The molecule has 0 bridgehead atoms. The molecule has 0 amide bonds. The topological polar surface area (TPSA) is 47.9 Å². The van der Waals surface area contributed by atoms with Crippen molar-refractivity contribution < 1.29 is 4.74 Å². The molecule has 4 nitrogen and oxygen atoms in total. The molecule has 3 aliphatic rings. The summed E-state index contributed by atoms with van der Waals surface area (Å²) in [7, 11) is 0. The van der Waals surface area contributed by atoms with Gasteiger partial charge in [0.2, 0.25) is 0 Å². The number of rotatable bonds is 10. The van der Waals surface area contributed by atoms with Crippen LogP contribution in [0, 0.1) is 18.8 Å². The molecular formula is C52H45N3OS. The van der Waals surface area contributed by atoms with Crippen LogP contribution in [0.2, 0.25) is 0 Å². The summed E-state index contributed by atoms with van der Waals surface area (Å²) >= 11 is 1.83. The van der Waals surface area contributed by atoms with Crippen molar-refractivity contribution in [2.24, 2.45) is 11.8 Å². The molecule has 3 aromatic carbocycles. The van der Waals surface area contributed by atoms with Gasteiger partial charge in [0.25, 0.3) is 0 Å². The molecule has 5 aromatic rings. The van der Waals surface area contributed by atoms with E-state index in [0.717, 1.165) is 46.0 Å². The van der Waals surface area contributed by atoms with E-state index < -0.39 is 0 Å². The van der Waals surface area contributed by atoms with Crippen LogP contribution < -0.4 is 4.74 Å². The van der Waals surface area contributed by atoms with E-state index in [1.807, 2.05) is 29.6 Å². The van der Waals surface area contributed by atoms with E-state index in [2.05, 4.69) is 166 Å². The molecule has 0 radical (unpaired) electrons. The van der Waals surface area contributed by atoms with Crippen LogP contribution in [0.15, 0.2) is 177 Å². The largest absolute Gasteiger partial charge is 0.462 e. The number of benzene rings is 3. The molecule has 0 spiro atoms. The first-order valence-corrected chi connectivity index (χ1v) is 20.4. The molecule has 3 heterocycles. The Morgan fingerprint density at radius 1 is 0.807 bits per heavy atom. The number of allylic oxidation sites excluding steroid dienone is 18. The van der Waals surface area contributed by atoms with Crippen LogP contribution in [0.4, 0.5) is 0 Å². The van der Waals surface area contributed by atoms with E-state index in [1.165, 1.54) is 31.7 Å². The van der Waals surface area contributed by atoms with Crippen molar-refractivity contribution in [2.75, 3.05) is 0 Å². The standard InChI is InChI=1S/C52H45N3OS/c1-4-5-6-7-11-25-50-53-51(55-52(54-50)44-31-29-40-28-30-41(33-45(40)35-44)39-19-9-8-10-20-39)43-21-16-17-36(2)56-48-32-38(26-27-42(48)34-43)18-12-13-22-46-37(3)57-49-24-15-14-23-47(46)49/h4-15,18-24,26-33,35,40,45H,1-2,16-17,25,34H2,3H3/b6-5-,11-7-,18-12+,22-13-,43-21+. The van der Waals surface area contributed by atoms with Crippen LogP contribution in [0.5, 0.6) is 5.75 Å². The summed E-state index contributed by atoms with van der Waals surface area (Å²) in [5, 5.41) is 1.30. The van der Waals surface area contributed by atoms with Crippen molar-refractivity contribution in [1.29, 1.82) is 0 Å². The van der Waals surface area contributed by atoms with Crippen LogP contribution in [-0.4, -0.2) is 15.0 Å². The number of fused-ring (bicyclic) bond motifs is 3. The van der Waals surface area contributed by atoms with Crippen LogP contribution in [0.25, 0.3) is 39.0 Å². The van der Waals surface area contributed by atoms with Crippen molar-refractivity contribution in [3.05, 3.63) is 221 Å². The second-order valence-corrected chi connectivity index (χ2v) is 15.6. The number of aromatic nitrogens is 3. The number of aryl methyl sites for hydroxylation is 1. The first kappa shape index (κ1) is 37.5. The van der Waals surface area contributed by atoms with Crippen molar-refractivity contribution in [3.63, 3.8) is 0 Å². The number of hydrogen-bond acceptors (Lipinski definition) is 5. The summed E-state index contributed by atoms with van der Waals surface area (Å²) in [6.45, 7) is 10.2. The Morgan fingerprint density at radius 3 is 2.47 bits per heavy atom. The summed E-state index contributed by atoms with van der Waals surface area (Å²) < 4.78 is 7.72. The lowest BCUT2D eigenvalue weighted by Gasteiger charge is -2.25. The van der Waals surface area contributed by atoms with Gasteiger partial charge in [0.15, 0.2) is 11.6 Å². The molecule has 280 valence electrons. The van der Waals surface area contributed by atoms with Gasteiger partial charge in [-0.25, -0.2) is 15.0 Å². The molecule has 0 N–H and O–H groups in total. The van der Waals surface area contributed by atoms with Gasteiger partial charge in [-0.15, -0.1) is 11.3 Å². The number of nitrogens with zero attached hydrogens (tertiary/aromatic N) is 3. The third kappa shape index (κ3) is 9.01. The van der Waals surface area contributed by atoms with Crippen LogP contribution in [-0.2, 0) is 12.8 Å². The highest BCUT2D eigenvalue weighted by molar-refractivity contribution is 7.19. The zero-order valence-electron chi connectivity index (χ0n) is 32.2. The monoisotopic (exact) mass is 759 g/mol. The molecule has 2 unspecified atom stereocenters. The van der Waals surface area contributed by atoms with Gasteiger partial charge >= 0.3 is 0 Å². The summed E-state index contributed by atoms with van der Waals surface area (Å²) in [5.74, 6) is 4.14. The van der Waals surface area contributed by atoms with Gasteiger partial charge < -0.3 is 4.74 Å². The normalized spacial score (nSPS) is 19.2. The van der Waals surface area contributed by atoms with Gasteiger partial charge in [0.05, 0.1) is 5.76 Å². The minimum atomic E-state index is 0.204. The van der Waals surface area contributed by atoms with Gasteiger partial charge in [0.1, 0.15) is 11.6 Å². The Bertz CT molecular complexity index is 2610. The van der Waals surface area contributed by atoms with Crippen LogP contribution >= 0.6 is 11.3 Å². The average molecular weight is 760 g/mol. The van der Waals surface area contributed by atoms with Crippen molar-refractivity contribution in [1.82, 2.24) is 15.0 Å². The predicted molar refractivity (Wildman–Crippen MR) is 241 cm³/mol. The van der Waals surface area contributed by atoms with Crippen LogP contribution in [0.1, 0.15) is 57.4 Å². The minimum Gasteiger partial charge on any atom is -0.462 e. The quantitative estimate of drug-likeness (QED) is 0.133. The molecule has 8 rings (SSSR count). The highest BCUT2D eigenvalue weighted by Crippen LogP contribution is 2.37. The zero-order chi connectivity index (χ0) is 39.0. The Balaban J connectivity index is 1.09. The first-order chi connectivity index (χ1) is 28.0. The summed E-state index contributed by atoms with van der Waals surface area (Å²) in [6.07, 6.45) is 36.8. The fourth-order valence-electron chi connectivity index (χ4n) is 7.39. The van der Waals surface area contributed by atoms with E-state index in [9.17, 15) is 0 Å². The van der Waals surface area contributed by atoms with Crippen LogP contribution in [0.3, 0.4) is 0 Å². The fraction of sp³-hybridized carbons (Fsp3) is 0.135. The zero-order valence-corrected chi connectivity index (χ0v) is 33.0. The highest BCUT2D eigenvalue weighted by atomic mass is 32.1. The molecule has 2 atom stereocenters. The first-order valence-electron chi connectivity index (χ1n) is 19.6. The Kier molecular flexibility index (Phi) is 11.6. The Labute approximate surface area is 340 Å². The fourth-order valence-corrected chi connectivity index (χ4v) is 8.44. The lowest BCUT2D eigenvalue weighted by molar-refractivity contribution is 0.405. The van der Waals surface area contributed by atoms with Gasteiger partial charge in [-0.3, -0.25) is 0 Å². The average Bonchev–Trinajstić information content (AvgIpc) is 3.59. The van der Waals surface area contributed by atoms with Crippen molar-refractivity contribution in [2.45, 2.75) is 32.6 Å². The van der Waals surface area contributed by atoms with Gasteiger partial charge in [-0.1, -0.05) is 171 Å². The second-order valence-electron chi connectivity index (χ2n) is 14.4. The molecule has 1 aliphatic heterocycles. The van der Waals surface area contributed by atoms with Gasteiger partial charge in [-0.05, 0) is 64.3 Å². The number of ether oxygens (including phenoxy) is 1. The van der Waals surface area contributed by atoms with Gasteiger partial charge in [0, 0.05) is 46.2 Å². The molecule has 2 aliphatic carbocycles. The molecule has 0 fully saturated rings. The molecule has 5 heteroatoms. The van der Waals surface area contributed by atoms with E-state index in [-0.39, 0.29) is 5.92 Å². The van der Waals surface area contributed by atoms with E-state index in [0.29, 0.717) is 36.8 Å². The summed E-state index contributed by atoms with van der Waals surface area (Å²) in [5.41, 5.74) is 7.89. The molecule has 2 aromatic heterocycles.